The Morgan fingerprint density at radius 1 is 0.680 bits per heavy atom. The summed E-state index contributed by atoms with van der Waals surface area (Å²) in [5, 5.41) is 9.58. The second-order valence-corrected chi connectivity index (χ2v) is 5.24. The summed E-state index contributed by atoms with van der Waals surface area (Å²) in [5.41, 5.74) is -0.902. The maximum absolute atomic E-state index is 13.9. The van der Waals surface area contributed by atoms with Crippen LogP contribution in [0.4, 0.5) is 39.5 Å². The molecule has 0 saturated carbocycles. The van der Waals surface area contributed by atoms with Gasteiger partial charge in [0.05, 0.1) is 0 Å². The van der Waals surface area contributed by atoms with Crippen molar-refractivity contribution < 1.29 is 44.6 Å². The molecule has 1 N–H and O–H groups in total. The lowest BCUT2D eigenvalue weighted by atomic mass is 9.91. The molecule has 2 aromatic carbocycles. The molecule has 0 fully saturated rings. The zero-order chi connectivity index (χ0) is 19.3. The van der Waals surface area contributed by atoms with Crippen molar-refractivity contribution in [3.63, 3.8) is 0 Å². The van der Waals surface area contributed by atoms with Gasteiger partial charge in [0, 0.05) is 0 Å². The molecule has 0 bridgehead atoms. The number of halogens is 9. The van der Waals surface area contributed by atoms with Crippen molar-refractivity contribution in [2.75, 3.05) is 0 Å². The lowest BCUT2D eigenvalue weighted by Gasteiger charge is -2.36. The first-order valence-electron chi connectivity index (χ1n) is 6.61. The number of hydrogen-bond acceptors (Lipinski definition) is 1. The Bertz CT molecular complexity index is 762. The quantitative estimate of drug-likeness (QED) is 0.714. The van der Waals surface area contributed by atoms with Gasteiger partial charge in [-0.1, -0.05) is 42.5 Å². The molecule has 0 radical (unpaired) electrons. The van der Waals surface area contributed by atoms with E-state index in [0.29, 0.717) is 0 Å². The maximum atomic E-state index is 13.9. The summed E-state index contributed by atoms with van der Waals surface area (Å²) in [6.45, 7) is 0. The fourth-order valence-corrected chi connectivity index (χ4v) is 2.24. The number of aliphatic hydroxyl groups is 1. The van der Waals surface area contributed by atoms with Gasteiger partial charge in [-0.15, -0.1) is 0 Å². The minimum atomic E-state index is -7.05. The van der Waals surface area contributed by atoms with Crippen molar-refractivity contribution in [1.29, 1.82) is 0 Å². The summed E-state index contributed by atoms with van der Waals surface area (Å²) in [5.74, 6) is -20.0. The first-order valence-corrected chi connectivity index (χ1v) is 6.61. The smallest absolute Gasteiger partial charge is 0.382 e. The summed E-state index contributed by atoms with van der Waals surface area (Å²) in [7, 11) is 0. The molecule has 10 heteroatoms. The Labute approximate surface area is 134 Å². The summed E-state index contributed by atoms with van der Waals surface area (Å²) < 4.78 is 117. The highest BCUT2D eigenvalue weighted by atomic mass is 19.4. The maximum Gasteiger partial charge on any atom is 0.460 e. The highest BCUT2D eigenvalue weighted by molar-refractivity contribution is 5.86. The molecule has 0 amide bonds. The average Bonchev–Trinajstić information content (AvgIpc) is 2.52. The van der Waals surface area contributed by atoms with E-state index in [9.17, 15) is 44.6 Å². The zero-order valence-corrected chi connectivity index (χ0v) is 12.0. The average molecular weight is 376 g/mol. The predicted octanol–water partition coefficient (Wildman–Crippen LogP) is 5.34. The normalized spacial score (nSPS) is 15.4. The van der Waals surface area contributed by atoms with Gasteiger partial charge >= 0.3 is 23.9 Å². The van der Waals surface area contributed by atoms with Gasteiger partial charge in [-0.3, -0.25) is 0 Å². The largest absolute Gasteiger partial charge is 0.460 e. The van der Waals surface area contributed by atoms with Crippen LogP contribution >= 0.6 is 0 Å². The van der Waals surface area contributed by atoms with E-state index in [0.717, 1.165) is 18.2 Å². The summed E-state index contributed by atoms with van der Waals surface area (Å²) in [6, 6.07) is 8.38. The summed E-state index contributed by atoms with van der Waals surface area (Å²) in [6.07, 6.45) is -10.5. The van der Waals surface area contributed by atoms with Gasteiger partial charge in [0.1, 0.15) is 6.10 Å². The number of alkyl halides is 9. The summed E-state index contributed by atoms with van der Waals surface area (Å²) in [4.78, 5) is 0. The second-order valence-electron chi connectivity index (χ2n) is 5.24. The Morgan fingerprint density at radius 2 is 1.20 bits per heavy atom. The molecule has 2 rings (SSSR count). The lowest BCUT2D eigenvalue weighted by molar-refractivity contribution is -0.406. The van der Waals surface area contributed by atoms with Crippen LogP contribution in [0.3, 0.4) is 0 Å². The van der Waals surface area contributed by atoms with Gasteiger partial charge in [-0.05, 0) is 16.3 Å². The van der Waals surface area contributed by atoms with Crippen LogP contribution in [0, 0.1) is 0 Å². The molecule has 0 spiro atoms. The molecule has 0 aromatic heterocycles. The predicted molar refractivity (Wildman–Crippen MR) is 69.8 cm³/mol. The highest BCUT2D eigenvalue weighted by Gasteiger charge is 2.83. The molecule has 2 aromatic rings. The third-order valence-electron chi connectivity index (χ3n) is 3.63. The molecular weight excluding hydrogens is 367 g/mol. The first-order chi connectivity index (χ1) is 11.2. The molecule has 25 heavy (non-hydrogen) atoms. The van der Waals surface area contributed by atoms with E-state index in [4.69, 9.17) is 0 Å². The molecule has 1 nitrogen and oxygen atoms in total. The Hall–Kier alpha value is -1.97. The van der Waals surface area contributed by atoms with Gasteiger partial charge in [0.25, 0.3) is 0 Å². The standard InChI is InChI=1S/C15H9F9O/c16-12(17,13(18,19)14(20,21)15(22,23)24)11(25)10-7-3-5-8-4-1-2-6-9(8)10/h1-7,11,25H. The first kappa shape index (κ1) is 19.4. The zero-order valence-electron chi connectivity index (χ0n) is 12.0. The van der Waals surface area contributed by atoms with Crippen LogP contribution in [0.1, 0.15) is 11.7 Å². The number of rotatable bonds is 4. The van der Waals surface area contributed by atoms with E-state index in [1.165, 1.54) is 24.3 Å². The third kappa shape index (κ3) is 2.82. The van der Waals surface area contributed by atoms with Crippen molar-refractivity contribution in [1.82, 2.24) is 0 Å². The van der Waals surface area contributed by atoms with Crippen LogP contribution in [-0.4, -0.2) is 29.1 Å². The minimum absolute atomic E-state index is 0.191. The Balaban J connectivity index is 2.58. The van der Waals surface area contributed by atoms with Crippen LogP contribution in [0.5, 0.6) is 0 Å². The van der Waals surface area contributed by atoms with E-state index in [1.807, 2.05) is 0 Å². The molecule has 138 valence electrons. The van der Waals surface area contributed by atoms with E-state index < -0.39 is 35.6 Å². The second kappa shape index (κ2) is 5.79. The third-order valence-corrected chi connectivity index (χ3v) is 3.63. The molecule has 0 aliphatic rings. The van der Waals surface area contributed by atoms with E-state index in [1.54, 1.807) is 0 Å². The monoisotopic (exact) mass is 376 g/mol. The van der Waals surface area contributed by atoms with Crippen molar-refractivity contribution in [2.45, 2.75) is 30.0 Å². The number of hydrogen-bond donors (Lipinski definition) is 1. The van der Waals surface area contributed by atoms with Crippen LogP contribution in [-0.2, 0) is 0 Å². The van der Waals surface area contributed by atoms with Crippen LogP contribution in [0.2, 0.25) is 0 Å². The van der Waals surface area contributed by atoms with Gasteiger partial charge in [-0.2, -0.15) is 39.5 Å². The van der Waals surface area contributed by atoms with E-state index in [-0.39, 0.29) is 10.8 Å². The molecule has 0 saturated heterocycles. The topological polar surface area (TPSA) is 20.2 Å². The molecule has 0 aliphatic carbocycles. The fraction of sp³-hybridized carbons (Fsp3) is 0.333. The van der Waals surface area contributed by atoms with Gasteiger partial charge in [0.2, 0.25) is 0 Å². The molecule has 1 unspecified atom stereocenters. The van der Waals surface area contributed by atoms with Gasteiger partial charge in [-0.25, -0.2) is 0 Å². The molecular formula is C15H9F9O. The van der Waals surface area contributed by atoms with Crippen molar-refractivity contribution >= 4 is 10.8 Å². The van der Waals surface area contributed by atoms with Gasteiger partial charge in [0.15, 0.2) is 0 Å². The van der Waals surface area contributed by atoms with Crippen LogP contribution in [0.25, 0.3) is 10.8 Å². The van der Waals surface area contributed by atoms with E-state index in [2.05, 4.69) is 0 Å². The molecule has 0 aliphatic heterocycles. The van der Waals surface area contributed by atoms with E-state index >= 15 is 0 Å². The Morgan fingerprint density at radius 3 is 1.76 bits per heavy atom. The van der Waals surface area contributed by atoms with Crippen molar-refractivity contribution in [2.24, 2.45) is 0 Å². The van der Waals surface area contributed by atoms with Crippen LogP contribution < -0.4 is 0 Å². The number of fused-ring (bicyclic) bond motifs is 1. The van der Waals surface area contributed by atoms with Crippen molar-refractivity contribution in [3.8, 4) is 0 Å². The highest BCUT2D eigenvalue weighted by Crippen LogP contribution is 2.56. The minimum Gasteiger partial charge on any atom is -0.382 e. The van der Waals surface area contributed by atoms with Crippen molar-refractivity contribution in [3.05, 3.63) is 48.0 Å². The number of aliphatic hydroxyl groups excluding tert-OH is 1. The lowest BCUT2D eigenvalue weighted by Crippen LogP contribution is -2.62. The SMILES string of the molecule is OC(c1cccc2ccccc12)C(F)(F)C(F)(F)C(F)(F)C(F)(F)F. The van der Waals surface area contributed by atoms with Gasteiger partial charge < -0.3 is 5.11 Å². The number of benzene rings is 2. The Kier molecular flexibility index (Phi) is 4.48. The fourth-order valence-electron chi connectivity index (χ4n) is 2.24. The molecule has 1 atom stereocenters. The molecule has 0 heterocycles. The summed E-state index contributed by atoms with van der Waals surface area (Å²) >= 11 is 0. The van der Waals surface area contributed by atoms with Crippen LogP contribution in [0.15, 0.2) is 42.5 Å².